The normalized spacial score (nSPS) is 9.73. The van der Waals surface area contributed by atoms with Crippen molar-refractivity contribution in [2.75, 3.05) is 0 Å². The summed E-state index contributed by atoms with van der Waals surface area (Å²) in [4.78, 5) is 14.0. The van der Waals surface area contributed by atoms with Gasteiger partial charge >= 0.3 is 0 Å². The maximum Gasteiger partial charge on any atom is 0.178 e. The van der Waals surface area contributed by atoms with Gasteiger partial charge in [0, 0.05) is 11.5 Å². The number of aromatic nitrogens is 1. The molecule has 1 heterocycles. The minimum absolute atomic E-state index is 0.433. The molecule has 4 heteroatoms. The Morgan fingerprint density at radius 1 is 1.73 bits per heavy atom. The number of aldehydes is 1. The van der Waals surface area contributed by atoms with E-state index < -0.39 is 0 Å². The summed E-state index contributed by atoms with van der Waals surface area (Å²) in [6, 6.07) is 1.84. The van der Waals surface area contributed by atoms with E-state index in [0.717, 1.165) is 0 Å². The molecule has 11 heavy (non-hydrogen) atoms. The van der Waals surface area contributed by atoms with Crippen LogP contribution in [0.4, 0.5) is 0 Å². The monoisotopic (exact) mass is 164 g/mol. The number of nitrogens with zero attached hydrogens (tertiary/aromatic N) is 2. The van der Waals surface area contributed by atoms with Gasteiger partial charge in [0.2, 0.25) is 0 Å². The van der Waals surface area contributed by atoms with Crippen LogP contribution in [-0.2, 0) is 0 Å². The lowest BCUT2D eigenvalue weighted by atomic mass is 10.4. The van der Waals surface area contributed by atoms with E-state index in [1.165, 1.54) is 17.4 Å². The van der Waals surface area contributed by atoms with E-state index in [-0.39, 0.29) is 0 Å². The molecule has 0 unspecified atom stereocenters. The average molecular weight is 164 g/mol. The molecule has 54 valence electrons. The molecule has 0 aliphatic heterocycles. The fraction of sp³-hybridized carbons (Fsp3) is 0. The molecule has 0 aliphatic carbocycles. The third-order valence-corrected chi connectivity index (χ3v) is 1.76. The average Bonchev–Trinajstić information content (AvgIpc) is 2.48. The summed E-state index contributed by atoms with van der Waals surface area (Å²) < 4.78 is 0. The van der Waals surface area contributed by atoms with Crippen LogP contribution >= 0.6 is 11.3 Å². The van der Waals surface area contributed by atoms with Gasteiger partial charge in [-0.1, -0.05) is 0 Å². The Morgan fingerprint density at radius 2 is 2.55 bits per heavy atom. The van der Waals surface area contributed by atoms with Crippen LogP contribution in [0, 0.1) is 11.3 Å². The zero-order valence-electron chi connectivity index (χ0n) is 5.52. The van der Waals surface area contributed by atoms with Gasteiger partial charge in [-0.2, -0.15) is 5.26 Å². The molecule has 0 spiro atoms. The first kappa shape index (κ1) is 7.63. The molecule has 0 aliphatic rings. The topological polar surface area (TPSA) is 53.8 Å². The lowest BCUT2D eigenvalue weighted by molar-refractivity contribution is 0.112. The van der Waals surface area contributed by atoms with Crippen molar-refractivity contribution >= 4 is 23.7 Å². The first-order chi connectivity index (χ1) is 5.36. The minimum Gasteiger partial charge on any atom is -0.295 e. The van der Waals surface area contributed by atoms with E-state index in [1.807, 2.05) is 6.07 Å². The summed E-state index contributed by atoms with van der Waals surface area (Å²) in [5.41, 5.74) is 0.652. The summed E-state index contributed by atoms with van der Waals surface area (Å²) in [5.74, 6) is 0. The summed E-state index contributed by atoms with van der Waals surface area (Å²) in [5, 5.41) is 10.3. The summed E-state index contributed by atoms with van der Waals surface area (Å²) in [7, 11) is 0. The van der Waals surface area contributed by atoms with E-state index in [2.05, 4.69) is 4.98 Å². The van der Waals surface area contributed by atoms with Crippen LogP contribution in [-0.4, -0.2) is 11.3 Å². The van der Waals surface area contributed by atoms with Crippen molar-refractivity contribution in [2.45, 2.75) is 0 Å². The van der Waals surface area contributed by atoms with Crippen LogP contribution in [0.5, 0.6) is 0 Å². The molecule has 0 saturated carbocycles. The molecule has 0 N–H and O–H groups in total. The number of rotatable bonds is 2. The van der Waals surface area contributed by atoms with Gasteiger partial charge < -0.3 is 0 Å². The summed E-state index contributed by atoms with van der Waals surface area (Å²) >= 11 is 1.26. The Balaban J connectivity index is 2.82. The predicted molar refractivity (Wildman–Crippen MR) is 42.1 cm³/mol. The molecule has 0 aromatic carbocycles. The van der Waals surface area contributed by atoms with Crippen molar-refractivity contribution in [3.05, 3.63) is 22.2 Å². The van der Waals surface area contributed by atoms with E-state index in [9.17, 15) is 4.79 Å². The number of thiazole rings is 1. The SMILES string of the molecule is N#CC=Cc1csc(C=O)n1. The number of allylic oxidation sites excluding steroid dienone is 1. The second kappa shape index (κ2) is 3.64. The van der Waals surface area contributed by atoms with Crippen LogP contribution in [0.2, 0.25) is 0 Å². The highest BCUT2D eigenvalue weighted by atomic mass is 32.1. The van der Waals surface area contributed by atoms with Crippen molar-refractivity contribution in [1.29, 1.82) is 5.26 Å². The zero-order valence-corrected chi connectivity index (χ0v) is 6.34. The predicted octanol–water partition coefficient (Wildman–Crippen LogP) is 1.49. The molecule has 0 amide bonds. The Labute approximate surface area is 67.6 Å². The summed E-state index contributed by atoms with van der Waals surface area (Å²) in [6.07, 6.45) is 3.57. The van der Waals surface area contributed by atoms with Crippen molar-refractivity contribution in [2.24, 2.45) is 0 Å². The quantitative estimate of drug-likeness (QED) is 0.491. The standard InChI is InChI=1S/C7H4N2OS/c8-3-1-2-6-5-11-7(4-10)9-6/h1-2,4-5H. The molecule has 1 rings (SSSR count). The van der Waals surface area contributed by atoms with Gasteiger partial charge in [-0.25, -0.2) is 4.98 Å². The number of carbonyl (C=O) groups is 1. The van der Waals surface area contributed by atoms with E-state index in [4.69, 9.17) is 5.26 Å². The van der Waals surface area contributed by atoms with Crippen LogP contribution in [0.25, 0.3) is 6.08 Å². The molecular formula is C7H4N2OS. The second-order valence-corrected chi connectivity index (χ2v) is 2.58. The Bertz CT molecular complexity index is 321. The smallest absolute Gasteiger partial charge is 0.178 e. The minimum atomic E-state index is 0.433. The second-order valence-electron chi connectivity index (χ2n) is 1.69. The Hall–Kier alpha value is -1.47. The Morgan fingerprint density at radius 3 is 3.09 bits per heavy atom. The van der Waals surface area contributed by atoms with Gasteiger partial charge in [0.25, 0.3) is 0 Å². The molecule has 1 aromatic rings. The molecule has 0 fully saturated rings. The molecular weight excluding hydrogens is 160 g/mol. The fourth-order valence-corrected chi connectivity index (χ4v) is 1.14. The molecule has 0 atom stereocenters. The number of hydrogen-bond acceptors (Lipinski definition) is 4. The maximum atomic E-state index is 10.2. The van der Waals surface area contributed by atoms with E-state index in [1.54, 1.807) is 11.5 Å². The Kier molecular flexibility index (Phi) is 2.53. The maximum absolute atomic E-state index is 10.2. The van der Waals surface area contributed by atoms with E-state index >= 15 is 0 Å². The van der Waals surface area contributed by atoms with Crippen LogP contribution in [0.15, 0.2) is 11.5 Å². The third-order valence-electron chi connectivity index (χ3n) is 0.969. The van der Waals surface area contributed by atoms with Crippen LogP contribution in [0.1, 0.15) is 15.5 Å². The van der Waals surface area contributed by atoms with Crippen LogP contribution in [0.3, 0.4) is 0 Å². The molecule has 0 radical (unpaired) electrons. The van der Waals surface area contributed by atoms with Crippen molar-refractivity contribution in [3.8, 4) is 6.07 Å². The first-order valence-electron chi connectivity index (χ1n) is 2.83. The van der Waals surface area contributed by atoms with Crippen molar-refractivity contribution in [3.63, 3.8) is 0 Å². The van der Waals surface area contributed by atoms with E-state index in [0.29, 0.717) is 17.0 Å². The van der Waals surface area contributed by atoms with Crippen molar-refractivity contribution in [1.82, 2.24) is 4.98 Å². The molecule has 0 saturated heterocycles. The molecule has 1 aromatic heterocycles. The van der Waals surface area contributed by atoms with Gasteiger partial charge in [-0.3, -0.25) is 4.79 Å². The highest BCUT2D eigenvalue weighted by Crippen LogP contribution is 2.08. The van der Waals surface area contributed by atoms with Gasteiger partial charge in [-0.15, -0.1) is 11.3 Å². The van der Waals surface area contributed by atoms with Gasteiger partial charge in [0.1, 0.15) is 0 Å². The highest BCUT2D eigenvalue weighted by molar-refractivity contribution is 7.11. The molecule has 0 bridgehead atoms. The largest absolute Gasteiger partial charge is 0.295 e. The fourth-order valence-electron chi connectivity index (χ4n) is 0.554. The van der Waals surface area contributed by atoms with Gasteiger partial charge in [0.15, 0.2) is 11.3 Å². The summed E-state index contributed by atoms with van der Waals surface area (Å²) in [6.45, 7) is 0. The molecule has 3 nitrogen and oxygen atoms in total. The number of nitriles is 1. The lowest BCUT2D eigenvalue weighted by Crippen LogP contribution is -1.75. The third kappa shape index (κ3) is 1.99. The van der Waals surface area contributed by atoms with Gasteiger partial charge in [0.05, 0.1) is 11.8 Å². The van der Waals surface area contributed by atoms with Crippen LogP contribution < -0.4 is 0 Å². The number of carbonyl (C=O) groups excluding carboxylic acids is 1. The lowest BCUT2D eigenvalue weighted by Gasteiger charge is -1.75. The number of hydrogen-bond donors (Lipinski definition) is 0. The zero-order chi connectivity index (χ0) is 8.10. The highest BCUT2D eigenvalue weighted by Gasteiger charge is 1.94. The van der Waals surface area contributed by atoms with Gasteiger partial charge in [-0.05, 0) is 6.08 Å². The van der Waals surface area contributed by atoms with Crippen molar-refractivity contribution < 1.29 is 4.79 Å². The first-order valence-corrected chi connectivity index (χ1v) is 3.71.